The van der Waals surface area contributed by atoms with Crippen molar-refractivity contribution in [1.82, 2.24) is 0 Å². The molecule has 0 amide bonds. The summed E-state index contributed by atoms with van der Waals surface area (Å²) in [5.41, 5.74) is 0. The van der Waals surface area contributed by atoms with E-state index in [1.807, 2.05) is 11.8 Å². The van der Waals surface area contributed by atoms with Gasteiger partial charge in [-0.1, -0.05) is 12.8 Å². The monoisotopic (exact) mass is 158 g/mol. The van der Waals surface area contributed by atoms with Gasteiger partial charge < -0.3 is 5.11 Å². The second kappa shape index (κ2) is 6.98. The highest BCUT2D eigenvalue weighted by atomic mass is 32.2. The third-order valence-corrected chi connectivity index (χ3v) is 1.98. The van der Waals surface area contributed by atoms with E-state index >= 15 is 0 Å². The minimum atomic E-state index is -0.413. The number of rotatable bonds is 4. The van der Waals surface area contributed by atoms with Crippen LogP contribution in [0.4, 0.5) is 0 Å². The fourth-order valence-corrected chi connectivity index (χ4v) is 1.26. The largest absolute Gasteiger partial charge is 0.380 e. The molecule has 0 aliphatic rings. The predicted molar refractivity (Wildman–Crippen MR) is 47.1 cm³/mol. The van der Waals surface area contributed by atoms with Gasteiger partial charge >= 0.3 is 0 Å². The van der Waals surface area contributed by atoms with Crippen LogP contribution < -0.4 is 0 Å². The van der Waals surface area contributed by atoms with E-state index < -0.39 is 6.10 Å². The van der Waals surface area contributed by atoms with E-state index in [1.165, 1.54) is 0 Å². The maximum absolute atomic E-state index is 9.09. The Morgan fingerprint density at radius 1 is 1.60 bits per heavy atom. The van der Waals surface area contributed by atoms with Crippen LogP contribution in [0.1, 0.15) is 20.3 Å². The molecule has 0 aromatic carbocycles. The van der Waals surface area contributed by atoms with Crippen molar-refractivity contribution in [3.8, 4) is 11.8 Å². The third-order valence-electron chi connectivity index (χ3n) is 1.05. The van der Waals surface area contributed by atoms with E-state index in [0.717, 1.165) is 17.9 Å². The van der Waals surface area contributed by atoms with Gasteiger partial charge in [-0.2, -0.15) is 11.8 Å². The summed E-state index contributed by atoms with van der Waals surface area (Å²) >= 11 is 1.83. The fraction of sp³-hybridized carbons (Fsp3) is 0.750. The smallest absolute Gasteiger partial charge is 0.115 e. The molecule has 0 bridgehead atoms. The van der Waals surface area contributed by atoms with Gasteiger partial charge in [-0.15, -0.1) is 5.92 Å². The summed E-state index contributed by atoms with van der Waals surface area (Å²) in [5.74, 6) is 7.51. The molecule has 0 heterocycles. The number of hydrogen-bond donors (Lipinski definition) is 1. The van der Waals surface area contributed by atoms with Crippen LogP contribution >= 0.6 is 11.8 Å². The van der Waals surface area contributed by atoms with Crippen LogP contribution in [0.3, 0.4) is 0 Å². The Bertz CT molecular complexity index is 123. The van der Waals surface area contributed by atoms with Gasteiger partial charge in [-0.25, -0.2) is 0 Å². The molecule has 10 heavy (non-hydrogen) atoms. The molecule has 1 atom stereocenters. The molecule has 0 fully saturated rings. The molecule has 1 unspecified atom stereocenters. The van der Waals surface area contributed by atoms with Crippen LogP contribution in [-0.2, 0) is 0 Å². The summed E-state index contributed by atoms with van der Waals surface area (Å²) < 4.78 is 0. The molecule has 0 radical (unpaired) electrons. The molecule has 0 spiro atoms. The van der Waals surface area contributed by atoms with Gasteiger partial charge in [-0.3, -0.25) is 0 Å². The number of thioether (sulfide) groups is 1. The van der Waals surface area contributed by atoms with Crippen molar-refractivity contribution >= 4 is 11.8 Å². The van der Waals surface area contributed by atoms with Crippen LogP contribution in [0, 0.1) is 11.8 Å². The van der Waals surface area contributed by atoms with E-state index in [4.69, 9.17) is 5.11 Å². The number of aliphatic hydroxyl groups is 1. The maximum atomic E-state index is 9.09. The molecule has 0 aliphatic heterocycles. The third kappa shape index (κ3) is 6.00. The van der Waals surface area contributed by atoms with Crippen molar-refractivity contribution in [3.63, 3.8) is 0 Å². The summed E-state index contributed by atoms with van der Waals surface area (Å²) in [6.45, 7) is 3.86. The summed E-state index contributed by atoms with van der Waals surface area (Å²) in [7, 11) is 0. The highest BCUT2D eigenvalue weighted by Crippen LogP contribution is 2.02. The summed E-state index contributed by atoms with van der Waals surface area (Å²) in [6.07, 6.45) is 0.378. The first-order valence-electron chi connectivity index (χ1n) is 3.49. The van der Waals surface area contributed by atoms with E-state index in [9.17, 15) is 0 Å². The second-order valence-electron chi connectivity index (χ2n) is 1.90. The lowest BCUT2D eigenvalue weighted by Crippen LogP contribution is -2.03. The van der Waals surface area contributed by atoms with E-state index in [0.29, 0.717) is 0 Å². The lowest BCUT2D eigenvalue weighted by atomic mass is 10.3. The van der Waals surface area contributed by atoms with Gasteiger partial charge in [0.15, 0.2) is 0 Å². The molecule has 0 saturated carbocycles. The predicted octanol–water partition coefficient (Wildman–Crippen LogP) is 1.51. The van der Waals surface area contributed by atoms with Crippen molar-refractivity contribution in [1.29, 1.82) is 0 Å². The van der Waals surface area contributed by atoms with Gasteiger partial charge in [0, 0.05) is 0 Å². The molecular formula is C8H14OS. The molecule has 0 aromatic heterocycles. The highest BCUT2D eigenvalue weighted by molar-refractivity contribution is 7.99. The standard InChI is InChI=1S/C8H14OS/c1-3-5-8(9)6-7-10-4-2/h8-9H,4,6-7H2,1-2H3. The van der Waals surface area contributed by atoms with Crippen LogP contribution in [0.5, 0.6) is 0 Å². The molecule has 0 aromatic rings. The number of aliphatic hydroxyl groups excluding tert-OH is 1. The molecular weight excluding hydrogens is 144 g/mol. The molecule has 1 N–H and O–H groups in total. The van der Waals surface area contributed by atoms with Crippen molar-refractivity contribution in [3.05, 3.63) is 0 Å². The SMILES string of the molecule is CC#CC(O)CCSCC. The quantitative estimate of drug-likeness (QED) is 0.494. The topological polar surface area (TPSA) is 20.2 Å². The Hall–Kier alpha value is -0.130. The van der Waals surface area contributed by atoms with Crippen molar-refractivity contribution in [2.45, 2.75) is 26.4 Å². The molecule has 0 rings (SSSR count). The minimum Gasteiger partial charge on any atom is -0.380 e. The molecule has 2 heteroatoms. The van der Waals surface area contributed by atoms with Crippen molar-refractivity contribution in [2.75, 3.05) is 11.5 Å². The first-order valence-corrected chi connectivity index (χ1v) is 4.64. The van der Waals surface area contributed by atoms with Crippen molar-refractivity contribution < 1.29 is 5.11 Å². The van der Waals surface area contributed by atoms with Crippen molar-refractivity contribution in [2.24, 2.45) is 0 Å². The van der Waals surface area contributed by atoms with Gasteiger partial charge in [-0.05, 0) is 24.9 Å². The Labute approximate surface area is 67.2 Å². The Kier molecular flexibility index (Phi) is 6.89. The van der Waals surface area contributed by atoms with Crippen LogP contribution in [-0.4, -0.2) is 22.7 Å². The molecule has 0 saturated heterocycles. The van der Waals surface area contributed by atoms with Gasteiger partial charge in [0.25, 0.3) is 0 Å². The zero-order chi connectivity index (χ0) is 7.82. The lowest BCUT2D eigenvalue weighted by molar-refractivity contribution is 0.230. The first-order chi connectivity index (χ1) is 4.81. The van der Waals surface area contributed by atoms with E-state index in [-0.39, 0.29) is 0 Å². The average molecular weight is 158 g/mol. The summed E-state index contributed by atoms with van der Waals surface area (Å²) in [5, 5.41) is 9.09. The van der Waals surface area contributed by atoms with E-state index in [1.54, 1.807) is 6.92 Å². The molecule has 58 valence electrons. The zero-order valence-corrected chi connectivity index (χ0v) is 7.37. The Balaban J connectivity index is 3.18. The van der Waals surface area contributed by atoms with Gasteiger partial charge in [0.1, 0.15) is 6.10 Å². The summed E-state index contributed by atoms with van der Waals surface area (Å²) in [6, 6.07) is 0. The molecule has 0 aliphatic carbocycles. The Morgan fingerprint density at radius 2 is 2.30 bits per heavy atom. The average Bonchev–Trinajstić information content (AvgIpc) is 1.89. The van der Waals surface area contributed by atoms with E-state index in [2.05, 4.69) is 18.8 Å². The van der Waals surface area contributed by atoms with Crippen LogP contribution in [0.15, 0.2) is 0 Å². The summed E-state index contributed by atoms with van der Waals surface area (Å²) in [4.78, 5) is 0. The minimum absolute atomic E-state index is 0.413. The Morgan fingerprint density at radius 3 is 2.80 bits per heavy atom. The first kappa shape index (κ1) is 9.87. The molecule has 1 nitrogen and oxygen atoms in total. The number of hydrogen-bond acceptors (Lipinski definition) is 2. The highest BCUT2D eigenvalue weighted by Gasteiger charge is 1.96. The lowest BCUT2D eigenvalue weighted by Gasteiger charge is -2.00. The fourth-order valence-electron chi connectivity index (χ4n) is 0.578. The normalized spacial score (nSPS) is 11.9. The van der Waals surface area contributed by atoms with Gasteiger partial charge in [0.05, 0.1) is 0 Å². The van der Waals surface area contributed by atoms with Crippen LogP contribution in [0.25, 0.3) is 0 Å². The van der Waals surface area contributed by atoms with Crippen LogP contribution in [0.2, 0.25) is 0 Å². The maximum Gasteiger partial charge on any atom is 0.115 e. The second-order valence-corrected chi connectivity index (χ2v) is 3.29. The zero-order valence-electron chi connectivity index (χ0n) is 6.55. The van der Waals surface area contributed by atoms with Gasteiger partial charge in [0.2, 0.25) is 0 Å².